The minimum absolute atomic E-state index is 0.0436. The maximum atomic E-state index is 12.4. The highest BCUT2D eigenvalue weighted by molar-refractivity contribution is 5.98. The molecule has 2 heterocycles. The van der Waals surface area contributed by atoms with Gasteiger partial charge in [-0.2, -0.15) is 4.98 Å². The van der Waals surface area contributed by atoms with Crippen LogP contribution in [0.2, 0.25) is 0 Å². The first-order chi connectivity index (χ1) is 10.5. The lowest BCUT2D eigenvalue weighted by Gasteiger charge is -2.28. The van der Waals surface area contributed by atoms with E-state index < -0.39 is 5.92 Å². The third-order valence-corrected chi connectivity index (χ3v) is 3.77. The van der Waals surface area contributed by atoms with Gasteiger partial charge in [0.15, 0.2) is 5.78 Å². The van der Waals surface area contributed by atoms with Gasteiger partial charge in [0.25, 0.3) is 5.56 Å². The van der Waals surface area contributed by atoms with Crippen molar-refractivity contribution in [1.82, 2.24) is 9.97 Å². The number of nitrogens with one attached hydrogen (secondary N) is 2. The zero-order valence-corrected chi connectivity index (χ0v) is 12.3. The van der Waals surface area contributed by atoms with Gasteiger partial charge in [0.05, 0.1) is 5.56 Å². The lowest BCUT2D eigenvalue weighted by atomic mass is 9.81. The number of allylic oxidation sites excluding steroid dienone is 2. The fourth-order valence-electron chi connectivity index (χ4n) is 2.91. The molecular formula is C16H16N4O2. The second kappa shape index (κ2) is 5.14. The Morgan fingerprint density at radius 1 is 1.27 bits per heavy atom. The van der Waals surface area contributed by atoms with E-state index in [1.54, 1.807) is 6.92 Å². The van der Waals surface area contributed by atoms with Crippen molar-refractivity contribution in [3.05, 3.63) is 63.1 Å². The van der Waals surface area contributed by atoms with Crippen molar-refractivity contribution in [3.63, 3.8) is 0 Å². The van der Waals surface area contributed by atoms with Crippen LogP contribution in [-0.4, -0.2) is 15.8 Å². The Morgan fingerprint density at radius 3 is 2.59 bits per heavy atom. The summed E-state index contributed by atoms with van der Waals surface area (Å²) in [5, 5.41) is 3.02. The second-order valence-electron chi connectivity index (χ2n) is 5.28. The number of ketones is 1. The molecule has 0 saturated heterocycles. The van der Waals surface area contributed by atoms with E-state index in [1.807, 2.05) is 30.3 Å². The van der Waals surface area contributed by atoms with Crippen LogP contribution in [0.5, 0.6) is 0 Å². The second-order valence-corrected chi connectivity index (χ2v) is 5.28. The molecule has 3 rings (SSSR count). The Kier molecular flexibility index (Phi) is 3.29. The molecule has 0 aliphatic carbocycles. The number of carbonyl (C=O) groups is 1. The highest BCUT2D eigenvalue weighted by atomic mass is 16.1. The van der Waals surface area contributed by atoms with Crippen LogP contribution in [0.3, 0.4) is 0 Å². The number of Topliss-reactive ketones (excluding diaryl/α,β-unsaturated/α-hetero) is 1. The van der Waals surface area contributed by atoms with Gasteiger partial charge < -0.3 is 11.1 Å². The van der Waals surface area contributed by atoms with E-state index in [1.165, 1.54) is 6.92 Å². The molecule has 6 nitrogen and oxygen atoms in total. The van der Waals surface area contributed by atoms with Crippen LogP contribution in [-0.2, 0) is 4.79 Å². The molecular weight excluding hydrogens is 280 g/mol. The Labute approximate surface area is 127 Å². The standard InChI is InChI=1S/C16H16N4O2/c1-8-11(9(2)21)12(10-6-4-3-5-7-10)13-14(18-8)19-16(17)20-15(13)22/h3-7,12H,1-2H3,(H4,17,18,19,20,22). The summed E-state index contributed by atoms with van der Waals surface area (Å²) in [6, 6.07) is 9.44. The molecule has 0 fully saturated rings. The van der Waals surface area contributed by atoms with E-state index in [2.05, 4.69) is 15.3 Å². The predicted molar refractivity (Wildman–Crippen MR) is 84.6 cm³/mol. The minimum atomic E-state index is -0.452. The summed E-state index contributed by atoms with van der Waals surface area (Å²) in [5.41, 5.74) is 7.81. The molecule has 1 aromatic heterocycles. The number of anilines is 2. The number of rotatable bonds is 2. The number of benzene rings is 1. The van der Waals surface area contributed by atoms with Crippen LogP contribution >= 0.6 is 0 Å². The number of hydrogen-bond donors (Lipinski definition) is 3. The number of carbonyl (C=O) groups excluding carboxylic acids is 1. The van der Waals surface area contributed by atoms with Gasteiger partial charge in [0.1, 0.15) is 5.82 Å². The van der Waals surface area contributed by atoms with E-state index in [0.29, 0.717) is 22.7 Å². The largest absolute Gasteiger partial charge is 0.369 e. The first-order valence-electron chi connectivity index (χ1n) is 6.92. The lowest BCUT2D eigenvalue weighted by Crippen LogP contribution is -2.30. The summed E-state index contributed by atoms with van der Waals surface area (Å²) in [7, 11) is 0. The first-order valence-corrected chi connectivity index (χ1v) is 6.92. The number of nitrogen functional groups attached to an aromatic ring is 1. The molecule has 112 valence electrons. The Bertz CT molecular complexity index is 837. The number of nitrogens with two attached hydrogens (primary N) is 1. The topological polar surface area (TPSA) is 101 Å². The summed E-state index contributed by atoms with van der Waals surface area (Å²) in [4.78, 5) is 31.2. The van der Waals surface area contributed by atoms with E-state index in [9.17, 15) is 9.59 Å². The van der Waals surface area contributed by atoms with E-state index in [4.69, 9.17) is 5.73 Å². The zero-order valence-electron chi connectivity index (χ0n) is 12.3. The van der Waals surface area contributed by atoms with E-state index in [-0.39, 0.29) is 17.3 Å². The van der Waals surface area contributed by atoms with Crippen LogP contribution in [0.4, 0.5) is 11.8 Å². The summed E-state index contributed by atoms with van der Waals surface area (Å²) < 4.78 is 0. The van der Waals surface area contributed by atoms with Gasteiger partial charge >= 0.3 is 0 Å². The number of aromatic amines is 1. The minimum Gasteiger partial charge on any atom is -0.369 e. The third-order valence-electron chi connectivity index (χ3n) is 3.77. The van der Waals surface area contributed by atoms with Crippen molar-refractivity contribution in [2.24, 2.45) is 0 Å². The Hall–Kier alpha value is -2.89. The zero-order chi connectivity index (χ0) is 15.9. The molecule has 4 N–H and O–H groups in total. The maximum absolute atomic E-state index is 12.4. The molecule has 0 spiro atoms. The fourth-order valence-corrected chi connectivity index (χ4v) is 2.91. The molecule has 22 heavy (non-hydrogen) atoms. The van der Waals surface area contributed by atoms with E-state index in [0.717, 1.165) is 5.56 Å². The smallest absolute Gasteiger partial charge is 0.258 e. The van der Waals surface area contributed by atoms with Gasteiger partial charge in [0.2, 0.25) is 5.95 Å². The van der Waals surface area contributed by atoms with Crippen LogP contribution < -0.4 is 16.6 Å². The van der Waals surface area contributed by atoms with Crippen molar-refractivity contribution in [1.29, 1.82) is 0 Å². The lowest BCUT2D eigenvalue weighted by molar-refractivity contribution is -0.113. The quantitative estimate of drug-likeness (QED) is 0.784. The van der Waals surface area contributed by atoms with Gasteiger partial charge in [0, 0.05) is 17.2 Å². The normalized spacial score (nSPS) is 16.9. The summed E-state index contributed by atoms with van der Waals surface area (Å²) in [6.07, 6.45) is 0. The average Bonchev–Trinajstić information content (AvgIpc) is 2.45. The monoisotopic (exact) mass is 296 g/mol. The number of fused-ring (bicyclic) bond motifs is 1. The Balaban J connectivity index is 2.33. The van der Waals surface area contributed by atoms with Crippen LogP contribution in [0.25, 0.3) is 0 Å². The van der Waals surface area contributed by atoms with E-state index >= 15 is 0 Å². The molecule has 1 aliphatic heterocycles. The summed E-state index contributed by atoms with van der Waals surface area (Å²) in [6.45, 7) is 3.30. The molecule has 0 radical (unpaired) electrons. The molecule has 0 bridgehead atoms. The van der Waals surface area contributed by atoms with Crippen molar-refractivity contribution in [3.8, 4) is 0 Å². The molecule has 2 aromatic rings. The van der Waals surface area contributed by atoms with Crippen molar-refractivity contribution in [2.75, 3.05) is 11.1 Å². The summed E-state index contributed by atoms with van der Waals surface area (Å²) >= 11 is 0. The number of hydrogen-bond acceptors (Lipinski definition) is 5. The highest BCUT2D eigenvalue weighted by Crippen LogP contribution is 2.39. The molecule has 1 aliphatic rings. The van der Waals surface area contributed by atoms with Gasteiger partial charge in [-0.3, -0.25) is 14.6 Å². The van der Waals surface area contributed by atoms with Crippen LogP contribution in [0.15, 0.2) is 46.4 Å². The number of H-pyrrole nitrogens is 1. The number of aromatic nitrogens is 2. The molecule has 0 saturated carbocycles. The fraction of sp³-hybridized carbons (Fsp3) is 0.188. The SMILES string of the molecule is CC(=O)C1=C(C)Nc2nc(N)[nH]c(=O)c2C1c1ccccc1. The van der Waals surface area contributed by atoms with Gasteiger partial charge in [-0.05, 0) is 19.4 Å². The van der Waals surface area contributed by atoms with Gasteiger partial charge in [-0.15, -0.1) is 0 Å². The van der Waals surface area contributed by atoms with Gasteiger partial charge in [-0.25, -0.2) is 0 Å². The third kappa shape index (κ3) is 2.18. The molecule has 6 heteroatoms. The first kappa shape index (κ1) is 14.1. The van der Waals surface area contributed by atoms with Gasteiger partial charge in [-0.1, -0.05) is 30.3 Å². The summed E-state index contributed by atoms with van der Waals surface area (Å²) in [5.74, 6) is -0.0905. The van der Waals surface area contributed by atoms with Crippen LogP contribution in [0, 0.1) is 0 Å². The van der Waals surface area contributed by atoms with Crippen LogP contribution in [0.1, 0.15) is 30.9 Å². The molecule has 1 atom stereocenters. The maximum Gasteiger partial charge on any atom is 0.258 e. The van der Waals surface area contributed by atoms with Crippen molar-refractivity contribution in [2.45, 2.75) is 19.8 Å². The van der Waals surface area contributed by atoms with Crippen molar-refractivity contribution < 1.29 is 4.79 Å². The highest BCUT2D eigenvalue weighted by Gasteiger charge is 2.33. The Morgan fingerprint density at radius 2 is 1.95 bits per heavy atom. The molecule has 0 amide bonds. The molecule has 1 unspecified atom stereocenters. The number of nitrogens with zero attached hydrogens (tertiary/aromatic N) is 1. The van der Waals surface area contributed by atoms with Crippen molar-refractivity contribution >= 4 is 17.5 Å². The predicted octanol–water partition coefficient (Wildman–Crippen LogP) is 1.77. The average molecular weight is 296 g/mol. The molecule has 1 aromatic carbocycles.